The van der Waals surface area contributed by atoms with Crippen LogP contribution in [0.15, 0.2) is 24.3 Å². The number of carbonyl (C=O) groups is 1. The first kappa shape index (κ1) is 18.7. The summed E-state index contributed by atoms with van der Waals surface area (Å²) in [6.07, 6.45) is 3.10. The zero-order valence-corrected chi connectivity index (χ0v) is 12.9. The maximum atomic E-state index is 11.5. The van der Waals surface area contributed by atoms with Crippen LogP contribution in [-0.2, 0) is 11.2 Å². The van der Waals surface area contributed by atoms with Crippen molar-refractivity contribution < 1.29 is 9.53 Å². The summed E-state index contributed by atoms with van der Waals surface area (Å²) in [6, 6.07) is 7.94. The van der Waals surface area contributed by atoms with E-state index in [9.17, 15) is 4.79 Å². The maximum absolute atomic E-state index is 11.5. The minimum Gasteiger partial charge on any atom is -0.494 e. The minimum absolute atomic E-state index is 0. The molecule has 0 saturated heterocycles. The molecule has 0 heterocycles. The van der Waals surface area contributed by atoms with Gasteiger partial charge in [-0.15, -0.1) is 12.4 Å². The molecular formula is C15H25ClN2O2. The Morgan fingerprint density at radius 2 is 2.00 bits per heavy atom. The summed E-state index contributed by atoms with van der Waals surface area (Å²) in [5, 5.41) is 2.85. The van der Waals surface area contributed by atoms with Crippen LogP contribution in [0.5, 0.6) is 5.75 Å². The van der Waals surface area contributed by atoms with E-state index < -0.39 is 0 Å². The van der Waals surface area contributed by atoms with Crippen molar-refractivity contribution in [1.82, 2.24) is 5.32 Å². The molecule has 20 heavy (non-hydrogen) atoms. The van der Waals surface area contributed by atoms with E-state index in [0.29, 0.717) is 19.5 Å². The van der Waals surface area contributed by atoms with Gasteiger partial charge in [-0.3, -0.25) is 4.79 Å². The molecule has 3 N–H and O–H groups in total. The molecule has 0 spiro atoms. The third kappa shape index (κ3) is 8.02. The first-order valence-corrected chi connectivity index (χ1v) is 6.94. The number of aryl methyl sites for hydroxylation is 1. The second-order valence-electron chi connectivity index (χ2n) is 4.48. The maximum Gasteiger partial charge on any atom is 0.220 e. The van der Waals surface area contributed by atoms with Crippen LogP contribution in [0.1, 0.15) is 31.7 Å². The van der Waals surface area contributed by atoms with E-state index in [-0.39, 0.29) is 18.3 Å². The van der Waals surface area contributed by atoms with Gasteiger partial charge in [0.25, 0.3) is 0 Å². The molecule has 1 aromatic carbocycles. The molecule has 1 amide bonds. The van der Waals surface area contributed by atoms with Crippen LogP contribution >= 0.6 is 12.4 Å². The van der Waals surface area contributed by atoms with Crippen LogP contribution in [0.2, 0.25) is 0 Å². The van der Waals surface area contributed by atoms with Gasteiger partial charge in [0, 0.05) is 13.0 Å². The van der Waals surface area contributed by atoms with Crippen molar-refractivity contribution in [3.63, 3.8) is 0 Å². The summed E-state index contributed by atoms with van der Waals surface area (Å²) >= 11 is 0. The highest BCUT2D eigenvalue weighted by atomic mass is 35.5. The highest BCUT2D eigenvalue weighted by Gasteiger charge is 2.02. The van der Waals surface area contributed by atoms with Crippen LogP contribution in [0.25, 0.3) is 0 Å². The Morgan fingerprint density at radius 3 is 2.60 bits per heavy atom. The number of amides is 1. The van der Waals surface area contributed by atoms with E-state index in [1.807, 2.05) is 24.3 Å². The van der Waals surface area contributed by atoms with Gasteiger partial charge >= 0.3 is 0 Å². The lowest BCUT2D eigenvalue weighted by Crippen LogP contribution is -2.26. The van der Waals surface area contributed by atoms with Crippen molar-refractivity contribution in [2.75, 3.05) is 19.7 Å². The topological polar surface area (TPSA) is 64.3 Å². The van der Waals surface area contributed by atoms with E-state index in [4.69, 9.17) is 10.5 Å². The molecule has 0 aliphatic heterocycles. The van der Waals surface area contributed by atoms with Gasteiger partial charge in [0.05, 0.1) is 6.61 Å². The second kappa shape index (κ2) is 11.6. The fraction of sp³-hybridized carbons (Fsp3) is 0.533. The summed E-state index contributed by atoms with van der Waals surface area (Å²) in [5.41, 5.74) is 6.52. The van der Waals surface area contributed by atoms with E-state index in [1.54, 1.807) is 0 Å². The SMILES string of the molecule is CCCOc1ccc(CCC(=O)NCCCN)cc1.Cl. The molecular weight excluding hydrogens is 276 g/mol. The van der Waals surface area contributed by atoms with Crippen molar-refractivity contribution in [3.05, 3.63) is 29.8 Å². The van der Waals surface area contributed by atoms with Crippen LogP contribution in [0.4, 0.5) is 0 Å². The lowest BCUT2D eigenvalue weighted by atomic mass is 10.1. The summed E-state index contributed by atoms with van der Waals surface area (Å²) in [6.45, 7) is 4.10. The number of halogens is 1. The van der Waals surface area contributed by atoms with Crippen molar-refractivity contribution in [1.29, 1.82) is 0 Å². The van der Waals surface area contributed by atoms with Gasteiger partial charge in [-0.1, -0.05) is 19.1 Å². The molecule has 0 radical (unpaired) electrons. The van der Waals surface area contributed by atoms with E-state index in [0.717, 1.165) is 37.2 Å². The van der Waals surface area contributed by atoms with Crippen molar-refractivity contribution >= 4 is 18.3 Å². The number of hydrogen-bond acceptors (Lipinski definition) is 3. The predicted octanol–water partition coefficient (Wildman–Crippen LogP) is 2.29. The summed E-state index contributed by atoms with van der Waals surface area (Å²) in [5.74, 6) is 0.970. The summed E-state index contributed by atoms with van der Waals surface area (Å²) in [7, 11) is 0. The van der Waals surface area contributed by atoms with E-state index >= 15 is 0 Å². The van der Waals surface area contributed by atoms with Crippen LogP contribution in [0.3, 0.4) is 0 Å². The fourth-order valence-corrected chi connectivity index (χ4v) is 1.65. The molecule has 0 fully saturated rings. The second-order valence-corrected chi connectivity index (χ2v) is 4.48. The highest BCUT2D eigenvalue weighted by molar-refractivity contribution is 5.85. The number of nitrogens with one attached hydrogen (secondary N) is 1. The van der Waals surface area contributed by atoms with Gasteiger partial charge in [-0.25, -0.2) is 0 Å². The quantitative estimate of drug-likeness (QED) is 0.688. The summed E-state index contributed by atoms with van der Waals surface area (Å²) < 4.78 is 5.51. The molecule has 0 unspecified atom stereocenters. The Morgan fingerprint density at radius 1 is 1.30 bits per heavy atom. The van der Waals surface area contributed by atoms with Gasteiger partial charge in [0.2, 0.25) is 5.91 Å². The normalized spacial score (nSPS) is 9.70. The Hall–Kier alpha value is -1.26. The molecule has 4 nitrogen and oxygen atoms in total. The Labute approximate surface area is 127 Å². The third-order valence-corrected chi connectivity index (χ3v) is 2.74. The molecule has 0 saturated carbocycles. The molecule has 0 aliphatic rings. The smallest absolute Gasteiger partial charge is 0.220 e. The summed E-state index contributed by atoms with van der Waals surface area (Å²) in [4.78, 5) is 11.5. The Balaban J connectivity index is 0.00000361. The molecule has 114 valence electrons. The first-order valence-electron chi connectivity index (χ1n) is 6.94. The van der Waals surface area contributed by atoms with Gasteiger partial charge < -0.3 is 15.8 Å². The molecule has 5 heteroatoms. The standard InChI is InChI=1S/C15H24N2O2.ClH/c1-2-12-19-14-7-4-13(5-8-14)6-9-15(18)17-11-3-10-16;/h4-5,7-8H,2-3,6,9-12,16H2,1H3,(H,17,18);1H. The zero-order chi connectivity index (χ0) is 13.9. The third-order valence-electron chi connectivity index (χ3n) is 2.74. The van der Waals surface area contributed by atoms with Crippen LogP contribution < -0.4 is 15.8 Å². The van der Waals surface area contributed by atoms with Crippen molar-refractivity contribution in [2.45, 2.75) is 32.6 Å². The molecule has 0 aromatic heterocycles. The zero-order valence-electron chi connectivity index (χ0n) is 12.1. The number of hydrogen-bond donors (Lipinski definition) is 2. The number of rotatable bonds is 9. The Bertz CT molecular complexity index is 369. The number of benzene rings is 1. The van der Waals surface area contributed by atoms with Gasteiger partial charge in [-0.05, 0) is 43.5 Å². The van der Waals surface area contributed by atoms with Gasteiger partial charge in [-0.2, -0.15) is 0 Å². The molecule has 0 atom stereocenters. The van der Waals surface area contributed by atoms with Crippen molar-refractivity contribution in [2.24, 2.45) is 5.73 Å². The Kier molecular flexibility index (Phi) is 10.8. The lowest BCUT2D eigenvalue weighted by Gasteiger charge is -2.06. The lowest BCUT2D eigenvalue weighted by molar-refractivity contribution is -0.121. The minimum atomic E-state index is 0. The van der Waals surface area contributed by atoms with Crippen molar-refractivity contribution in [3.8, 4) is 5.75 Å². The number of ether oxygens (including phenoxy) is 1. The fourth-order valence-electron chi connectivity index (χ4n) is 1.65. The van der Waals surface area contributed by atoms with Crippen LogP contribution in [0, 0.1) is 0 Å². The molecule has 0 aliphatic carbocycles. The number of carbonyl (C=O) groups excluding carboxylic acids is 1. The average molecular weight is 301 g/mol. The van der Waals surface area contributed by atoms with E-state index in [2.05, 4.69) is 12.2 Å². The molecule has 1 rings (SSSR count). The van der Waals surface area contributed by atoms with E-state index in [1.165, 1.54) is 0 Å². The number of nitrogens with two attached hydrogens (primary N) is 1. The average Bonchev–Trinajstić information content (AvgIpc) is 2.44. The van der Waals surface area contributed by atoms with Crippen LogP contribution in [-0.4, -0.2) is 25.6 Å². The largest absolute Gasteiger partial charge is 0.494 e. The van der Waals surface area contributed by atoms with Gasteiger partial charge in [0.15, 0.2) is 0 Å². The molecule has 1 aromatic rings. The predicted molar refractivity (Wildman–Crippen MR) is 84.5 cm³/mol. The molecule has 0 bridgehead atoms. The monoisotopic (exact) mass is 300 g/mol. The highest BCUT2D eigenvalue weighted by Crippen LogP contribution is 2.13. The van der Waals surface area contributed by atoms with Gasteiger partial charge in [0.1, 0.15) is 5.75 Å². The first-order chi connectivity index (χ1) is 9.26.